The summed E-state index contributed by atoms with van der Waals surface area (Å²) in [4.78, 5) is 15.3. The number of nitrogens with zero attached hydrogens (tertiary/aromatic N) is 5. The number of rotatable bonds is 3. The highest BCUT2D eigenvalue weighted by Crippen LogP contribution is 2.24. The van der Waals surface area contributed by atoms with Crippen LogP contribution >= 0.6 is 0 Å². The van der Waals surface area contributed by atoms with Crippen LogP contribution in [0.5, 0.6) is 0 Å². The number of anilines is 1. The summed E-state index contributed by atoms with van der Waals surface area (Å²) in [5, 5.41) is 3.30. The van der Waals surface area contributed by atoms with Gasteiger partial charge in [0.25, 0.3) is 6.43 Å². The predicted molar refractivity (Wildman–Crippen MR) is 86.3 cm³/mol. The van der Waals surface area contributed by atoms with E-state index in [0.29, 0.717) is 17.2 Å². The van der Waals surface area contributed by atoms with E-state index in [1.54, 1.807) is 22.9 Å². The molecule has 0 aliphatic carbocycles. The Bertz CT molecular complexity index is 857. The Kier molecular flexibility index (Phi) is 3.81. The quantitative estimate of drug-likeness (QED) is 0.797. The first-order valence-corrected chi connectivity index (χ1v) is 7.76. The molecule has 0 unspecified atom stereocenters. The van der Waals surface area contributed by atoms with E-state index in [1.807, 2.05) is 6.07 Å². The van der Waals surface area contributed by atoms with E-state index in [9.17, 15) is 8.78 Å². The summed E-state index contributed by atoms with van der Waals surface area (Å²) < 4.78 is 27.5. The molecule has 0 spiro atoms. The van der Waals surface area contributed by atoms with Crippen LogP contribution in [-0.2, 0) is 0 Å². The molecule has 0 atom stereocenters. The van der Waals surface area contributed by atoms with Crippen molar-refractivity contribution in [1.29, 1.82) is 0 Å². The first kappa shape index (κ1) is 14.9. The zero-order valence-corrected chi connectivity index (χ0v) is 12.9. The van der Waals surface area contributed by atoms with Crippen LogP contribution in [0, 0.1) is 0 Å². The summed E-state index contributed by atoms with van der Waals surface area (Å²) in [7, 11) is 0. The Hall–Kier alpha value is -2.61. The number of hydrogen-bond donors (Lipinski definition) is 1. The van der Waals surface area contributed by atoms with E-state index < -0.39 is 6.43 Å². The van der Waals surface area contributed by atoms with Crippen molar-refractivity contribution in [1.82, 2.24) is 24.7 Å². The molecule has 6 nitrogen and oxygen atoms in total. The third kappa shape index (κ3) is 2.69. The largest absolute Gasteiger partial charge is 0.354 e. The van der Waals surface area contributed by atoms with Crippen LogP contribution in [0.1, 0.15) is 12.0 Å². The second-order valence-electron chi connectivity index (χ2n) is 5.61. The summed E-state index contributed by atoms with van der Waals surface area (Å²) in [6, 6.07) is 4.82. The second kappa shape index (κ2) is 6.12. The van der Waals surface area contributed by atoms with Gasteiger partial charge in [-0.05, 0) is 18.2 Å². The molecular formula is C16H16F2N6. The van der Waals surface area contributed by atoms with Crippen LogP contribution in [0.3, 0.4) is 0 Å². The van der Waals surface area contributed by atoms with Gasteiger partial charge in [0.05, 0.1) is 6.20 Å². The lowest BCUT2D eigenvalue weighted by Gasteiger charge is -2.28. The summed E-state index contributed by atoms with van der Waals surface area (Å²) in [5.41, 5.74) is 1.13. The van der Waals surface area contributed by atoms with Gasteiger partial charge in [0.1, 0.15) is 17.2 Å². The number of piperazine rings is 1. The SMILES string of the molecule is FC(F)c1ccc2ncc(-c3nccc(N4CCNCC4)n3)n2c1. The average molecular weight is 330 g/mol. The fraction of sp³-hybridized carbons (Fsp3) is 0.312. The zero-order valence-electron chi connectivity index (χ0n) is 12.9. The van der Waals surface area contributed by atoms with Crippen LogP contribution in [0.25, 0.3) is 17.2 Å². The topological polar surface area (TPSA) is 58.4 Å². The van der Waals surface area contributed by atoms with Crippen LogP contribution < -0.4 is 10.2 Å². The molecule has 3 aromatic heterocycles. The highest BCUT2D eigenvalue weighted by atomic mass is 19.3. The molecule has 3 aromatic rings. The number of halogens is 2. The minimum absolute atomic E-state index is 0.0555. The van der Waals surface area contributed by atoms with Crippen molar-refractivity contribution in [2.24, 2.45) is 0 Å². The van der Waals surface area contributed by atoms with Crippen molar-refractivity contribution in [3.63, 3.8) is 0 Å². The average Bonchev–Trinajstić information content (AvgIpc) is 3.05. The fourth-order valence-electron chi connectivity index (χ4n) is 2.83. The van der Waals surface area contributed by atoms with Gasteiger partial charge in [0.15, 0.2) is 5.82 Å². The molecule has 0 bridgehead atoms. The Balaban J connectivity index is 1.75. The fourth-order valence-corrected chi connectivity index (χ4v) is 2.83. The molecule has 1 fully saturated rings. The van der Waals surface area contributed by atoms with Gasteiger partial charge in [-0.15, -0.1) is 0 Å². The minimum Gasteiger partial charge on any atom is -0.354 e. The lowest BCUT2D eigenvalue weighted by molar-refractivity contribution is 0.151. The zero-order chi connectivity index (χ0) is 16.5. The molecule has 0 radical (unpaired) electrons. The minimum atomic E-state index is -2.53. The highest BCUT2D eigenvalue weighted by molar-refractivity contribution is 5.59. The summed E-state index contributed by atoms with van der Waals surface area (Å²) in [6.45, 7) is 3.57. The van der Waals surface area contributed by atoms with Gasteiger partial charge in [-0.2, -0.15) is 0 Å². The Morgan fingerprint density at radius 3 is 2.71 bits per heavy atom. The van der Waals surface area contributed by atoms with Gasteiger partial charge in [-0.1, -0.05) is 0 Å². The van der Waals surface area contributed by atoms with Gasteiger partial charge in [0, 0.05) is 44.1 Å². The van der Waals surface area contributed by atoms with Crippen molar-refractivity contribution >= 4 is 11.5 Å². The molecule has 8 heteroatoms. The van der Waals surface area contributed by atoms with E-state index in [4.69, 9.17) is 0 Å². The summed E-state index contributed by atoms with van der Waals surface area (Å²) in [6.07, 6.45) is 2.17. The third-order valence-corrected chi connectivity index (χ3v) is 4.09. The van der Waals surface area contributed by atoms with E-state index in [0.717, 1.165) is 32.0 Å². The number of alkyl halides is 2. The molecule has 1 N–H and O–H groups in total. The van der Waals surface area contributed by atoms with Crippen LogP contribution in [-0.4, -0.2) is 45.5 Å². The number of imidazole rings is 1. The van der Waals surface area contributed by atoms with Crippen molar-refractivity contribution in [3.8, 4) is 11.5 Å². The first-order valence-electron chi connectivity index (χ1n) is 7.76. The molecule has 1 aliphatic rings. The molecule has 0 amide bonds. The molecule has 4 heterocycles. The van der Waals surface area contributed by atoms with Gasteiger partial charge in [-0.25, -0.2) is 23.7 Å². The molecule has 1 aliphatic heterocycles. The molecule has 24 heavy (non-hydrogen) atoms. The van der Waals surface area contributed by atoms with Crippen LogP contribution in [0.2, 0.25) is 0 Å². The highest BCUT2D eigenvalue weighted by Gasteiger charge is 2.16. The maximum absolute atomic E-state index is 13.0. The van der Waals surface area contributed by atoms with Crippen molar-refractivity contribution < 1.29 is 8.78 Å². The van der Waals surface area contributed by atoms with Gasteiger partial charge in [-0.3, -0.25) is 4.40 Å². The lowest BCUT2D eigenvalue weighted by atomic mass is 10.3. The maximum Gasteiger partial charge on any atom is 0.265 e. The van der Waals surface area contributed by atoms with Gasteiger partial charge >= 0.3 is 0 Å². The number of aromatic nitrogens is 4. The predicted octanol–water partition coefficient (Wildman–Crippen LogP) is 2.14. The first-order chi connectivity index (χ1) is 11.7. The van der Waals surface area contributed by atoms with Crippen molar-refractivity contribution in [3.05, 3.63) is 42.4 Å². The number of fused-ring (bicyclic) bond motifs is 1. The molecule has 1 saturated heterocycles. The van der Waals surface area contributed by atoms with Gasteiger partial charge in [0.2, 0.25) is 0 Å². The summed E-state index contributed by atoms with van der Waals surface area (Å²) in [5.74, 6) is 1.31. The molecule has 0 aromatic carbocycles. The van der Waals surface area contributed by atoms with Gasteiger partial charge < -0.3 is 10.2 Å². The summed E-state index contributed by atoms with van der Waals surface area (Å²) >= 11 is 0. The Morgan fingerprint density at radius 1 is 1.08 bits per heavy atom. The van der Waals surface area contributed by atoms with E-state index in [2.05, 4.69) is 25.2 Å². The molecule has 124 valence electrons. The van der Waals surface area contributed by atoms with Crippen molar-refractivity contribution in [2.45, 2.75) is 6.43 Å². The van der Waals surface area contributed by atoms with Crippen molar-refractivity contribution in [2.75, 3.05) is 31.1 Å². The normalized spacial score (nSPS) is 15.4. The standard InChI is InChI=1S/C16H16F2N6/c17-15(18)11-1-2-13-21-9-12(24(13)10-11)16-20-4-3-14(22-16)23-7-5-19-6-8-23/h1-4,9-10,15,19H,5-8H2. The van der Waals surface area contributed by atoms with E-state index in [1.165, 1.54) is 12.3 Å². The number of nitrogens with one attached hydrogen (secondary N) is 1. The second-order valence-corrected chi connectivity index (χ2v) is 5.61. The van der Waals surface area contributed by atoms with Crippen LogP contribution in [0.15, 0.2) is 36.8 Å². The smallest absolute Gasteiger partial charge is 0.265 e. The maximum atomic E-state index is 13.0. The van der Waals surface area contributed by atoms with E-state index in [-0.39, 0.29) is 5.56 Å². The Labute approximate surface area is 137 Å². The van der Waals surface area contributed by atoms with E-state index >= 15 is 0 Å². The number of hydrogen-bond acceptors (Lipinski definition) is 5. The molecule has 4 rings (SSSR count). The van der Waals surface area contributed by atoms with Crippen LogP contribution in [0.4, 0.5) is 14.6 Å². The monoisotopic (exact) mass is 330 g/mol. The molecular weight excluding hydrogens is 314 g/mol. The molecule has 0 saturated carbocycles. The Morgan fingerprint density at radius 2 is 1.92 bits per heavy atom. The third-order valence-electron chi connectivity index (χ3n) is 4.09. The number of pyridine rings is 1. The lowest BCUT2D eigenvalue weighted by Crippen LogP contribution is -2.43.